The van der Waals surface area contributed by atoms with E-state index in [0.29, 0.717) is 11.7 Å². The fraction of sp³-hybridized carbons (Fsp3) is 0.303. The Morgan fingerprint density at radius 3 is 2.49 bits per heavy atom. The summed E-state index contributed by atoms with van der Waals surface area (Å²) in [6.45, 7) is 7.87. The summed E-state index contributed by atoms with van der Waals surface area (Å²) >= 11 is 5.82. The molecule has 0 aliphatic carbocycles. The molecule has 2 aromatic carbocycles. The number of pyridine rings is 1. The molecule has 2 atom stereocenters. The highest BCUT2D eigenvalue weighted by molar-refractivity contribution is 7.80. The summed E-state index contributed by atoms with van der Waals surface area (Å²) in [7, 11) is 0. The third-order valence-electron chi connectivity index (χ3n) is 8.20. The Bertz CT molecular complexity index is 1600. The van der Waals surface area contributed by atoms with Gasteiger partial charge in [-0.05, 0) is 86.2 Å². The van der Waals surface area contributed by atoms with E-state index in [4.69, 9.17) is 17.0 Å². The van der Waals surface area contributed by atoms with E-state index in [1.807, 2.05) is 18.2 Å². The van der Waals surface area contributed by atoms with Crippen molar-refractivity contribution in [2.75, 3.05) is 43.1 Å². The molecule has 2 N–H and O–H groups in total. The van der Waals surface area contributed by atoms with Gasteiger partial charge in [-0.25, -0.2) is 4.39 Å². The van der Waals surface area contributed by atoms with Crippen LogP contribution < -0.4 is 15.5 Å². The van der Waals surface area contributed by atoms with Crippen molar-refractivity contribution < 1.29 is 13.9 Å². The number of nitrogens with one attached hydrogen (secondary N) is 2. The number of anilines is 2. The largest absolute Gasteiger partial charge is 0.378 e. The van der Waals surface area contributed by atoms with Gasteiger partial charge in [0.15, 0.2) is 5.11 Å². The van der Waals surface area contributed by atoms with Crippen molar-refractivity contribution in [1.82, 2.24) is 19.8 Å². The lowest BCUT2D eigenvalue weighted by atomic mass is 9.96. The molecule has 10 heteroatoms. The van der Waals surface area contributed by atoms with E-state index in [-0.39, 0.29) is 30.1 Å². The highest BCUT2D eigenvalue weighted by Crippen LogP contribution is 2.41. The number of aryl methyl sites for hydroxylation is 1. The first-order valence-electron chi connectivity index (χ1n) is 14.5. The number of hydrogen-bond donors (Lipinski definition) is 2. The molecule has 4 heterocycles. The average molecular weight is 599 g/mol. The van der Waals surface area contributed by atoms with Gasteiger partial charge >= 0.3 is 0 Å². The molecule has 8 nitrogen and oxygen atoms in total. The topological polar surface area (TPSA) is 74.7 Å². The highest BCUT2D eigenvalue weighted by Gasteiger charge is 2.41. The van der Waals surface area contributed by atoms with Crippen LogP contribution in [0, 0.1) is 19.7 Å². The predicted octanol–water partition coefficient (Wildman–Crippen LogP) is 5.47. The zero-order valence-corrected chi connectivity index (χ0v) is 25.1. The maximum Gasteiger partial charge on any atom is 0.226 e. The summed E-state index contributed by atoms with van der Waals surface area (Å²) in [5.41, 5.74) is 6.60. The molecule has 1 amide bonds. The van der Waals surface area contributed by atoms with Gasteiger partial charge in [0.25, 0.3) is 0 Å². The molecule has 2 unspecified atom stereocenters. The summed E-state index contributed by atoms with van der Waals surface area (Å²) in [4.78, 5) is 21.9. The molecular weight excluding hydrogens is 563 g/mol. The molecule has 4 aromatic rings. The van der Waals surface area contributed by atoms with Crippen LogP contribution in [0.1, 0.15) is 41.1 Å². The van der Waals surface area contributed by atoms with Gasteiger partial charge in [0.05, 0.1) is 36.7 Å². The van der Waals surface area contributed by atoms with E-state index in [0.717, 1.165) is 54.6 Å². The Kier molecular flexibility index (Phi) is 8.40. The molecule has 2 saturated heterocycles. The minimum absolute atomic E-state index is 0.142. The van der Waals surface area contributed by atoms with Crippen molar-refractivity contribution in [3.8, 4) is 5.69 Å². The molecule has 6 rings (SSSR count). The number of benzene rings is 2. The Hall–Kier alpha value is -4.28. The lowest BCUT2D eigenvalue weighted by Gasteiger charge is -2.29. The maximum atomic E-state index is 14.1. The van der Waals surface area contributed by atoms with Crippen LogP contribution in [-0.2, 0) is 9.53 Å². The number of para-hydroxylation sites is 1. The van der Waals surface area contributed by atoms with Crippen LogP contribution in [-0.4, -0.2) is 58.3 Å². The van der Waals surface area contributed by atoms with Crippen LogP contribution >= 0.6 is 12.2 Å². The zero-order valence-electron chi connectivity index (χ0n) is 24.3. The van der Waals surface area contributed by atoms with Gasteiger partial charge in [0.1, 0.15) is 5.82 Å². The lowest BCUT2D eigenvalue weighted by molar-refractivity contribution is -0.116. The fourth-order valence-corrected chi connectivity index (χ4v) is 6.43. The van der Waals surface area contributed by atoms with Crippen LogP contribution in [0.4, 0.5) is 15.8 Å². The number of morpholine rings is 1. The number of nitrogens with zero attached hydrogens (tertiary/aromatic N) is 4. The Morgan fingerprint density at radius 2 is 1.77 bits per heavy atom. The van der Waals surface area contributed by atoms with Gasteiger partial charge in [-0.15, -0.1) is 0 Å². The summed E-state index contributed by atoms with van der Waals surface area (Å²) in [5, 5.41) is 6.71. The van der Waals surface area contributed by atoms with Crippen LogP contribution in [0.5, 0.6) is 0 Å². The summed E-state index contributed by atoms with van der Waals surface area (Å²) in [6, 6.07) is 22.5. The number of hydrogen-bond acceptors (Lipinski definition) is 5. The molecule has 0 saturated carbocycles. The summed E-state index contributed by atoms with van der Waals surface area (Å²) in [6.07, 6.45) is 1.92. The number of aromatic nitrogens is 2. The summed E-state index contributed by atoms with van der Waals surface area (Å²) < 4.78 is 21.9. The first-order chi connectivity index (χ1) is 20.9. The first kappa shape index (κ1) is 28.8. The molecule has 43 heavy (non-hydrogen) atoms. The Balaban J connectivity index is 1.29. The van der Waals surface area contributed by atoms with E-state index >= 15 is 0 Å². The molecular formula is C33H35FN6O2S. The van der Waals surface area contributed by atoms with E-state index in [9.17, 15) is 9.18 Å². The van der Waals surface area contributed by atoms with Gasteiger partial charge in [0.2, 0.25) is 5.91 Å². The first-order valence-corrected chi connectivity index (χ1v) is 15.0. The number of thiocarbonyl (C=S) groups is 1. The van der Waals surface area contributed by atoms with Gasteiger partial charge in [-0.1, -0.05) is 18.2 Å². The summed E-state index contributed by atoms with van der Waals surface area (Å²) in [5.74, 6) is -0.744. The quantitative estimate of drug-likeness (QED) is 0.261. The third-order valence-corrected chi connectivity index (χ3v) is 8.55. The second-order valence-corrected chi connectivity index (χ2v) is 11.3. The molecule has 2 aromatic heterocycles. The number of carbonyl (C=O) groups excluding carboxylic acids is 1. The molecule has 222 valence electrons. The van der Waals surface area contributed by atoms with Crippen LogP contribution in [0.3, 0.4) is 0 Å². The highest BCUT2D eigenvalue weighted by atomic mass is 32.1. The molecule has 2 aliphatic heterocycles. The van der Waals surface area contributed by atoms with Gasteiger partial charge in [0, 0.05) is 55.0 Å². The van der Waals surface area contributed by atoms with Gasteiger partial charge < -0.3 is 29.7 Å². The van der Waals surface area contributed by atoms with E-state index in [1.165, 1.54) is 11.8 Å². The molecule has 0 bridgehead atoms. The van der Waals surface area contributed by atoms with Crippen molar-refractivity contribution in [3.63, 3.8) is 0 Å². The third kappa shape index (κ3) is 5.98. The molecule has 0 spiro atoms. The smallest absolute Gasteiger partial charge is 0.226 e. The van der Waals surface area contributed by atoms with Crippen molar-refractivity contribution in [2.24, 2.45) is 0 Å². The minimum Gasteiger partial charge on any atom is -0.378 e. The lowest BCUT2D eigenvalue weighted by Crippen LogP contribution is -2.36. The second-order valence-electron chi connectivity index (χ2n) is 10.9. The SMILES string of the molecule is Cc1cc(C2C(c3ccccn3)NC(=S)N2CCC(=O)Nc2ccccc2F)c(C)n1-c1ccc(N2CCOCC2)cc1. The normalized spacial score (nSPS) is 18.5. The van der Waals surface area contributed by atoms with Crippen molar-refractivity contribution in [2.45, 2.75) is 32.4 Å². The molecule has 2 fully saturated rings. The van der Waals surface area contributed by atoms with Crippen molar-refractivity contribution in [1.29, 1.82) is 0 Å². The number of halogens is 1. The standard InChI is InChI=1S/C33H35FN6O2S/c1-22-21-26(23(2)40(22)25-12-10-24(11-13-25)38-17-19-42-20-18-38)32-31(29-9-5-6-15-35-29)37-33(43)39(32)16-14-30(41)36-28-8-4-3-7-27(28)34/h3-13,15,21,31-32H,14,16-20H2,1-2H3,(H,36,41)(H,37,43). The van der Waals surface area contributed by atoms with Gasteiger partial charge in [-0.3, -0.25) is 9.78 Å². The van der Waals surface area contributed by atoms with Crippen LogP contribution in [0.15, 0.2) is 79.0 Å². The van der Waals surface area contributed by atoms with E-state index < -0.39 is 5.82 Å². The number of carbonyl (C=O) groups is 1. The van der Waals surface area contributed by atoms with E-state index in [1.54, 1.807) is 24.4 Å². The van der Waals surface area contributed by atoms with Crippen molar-refractivity contribution in [3.05, 3.63) is 107 Å². The zero-order chi connectivity index (χ0) is 29.9. The van der Waals surface area contributed by atoms with Crippen molar-refractivity contribution >= 4 is 34.6 Å². The number of rotatable bonds is 8. The minimum atomic E-state index is -0.465. The van der Waals surface area contributed by atoms with E-state index in [2.05, 4.69) is 74.2 Å². The number of amides is 1. The molecule has 0 radical (unpaired) electrons. The maximum absolute atomic E-state index is 14.1. The van der Waals surface area contributed by atoms with Crippen LogP contribution in [0.25, 0.3) is 5.69 Å². The predicted molar refractivity (Wildman–Crippen MR) is 170 cm³/mol. The second kappa shape index (κ2) is 12.5. The fourth-order valence-electron chi connectivity index (χ4n) is 6.10. The Labute approximate surface area is 256 Å². The molecule has 2 aliphatic rings. The number of ether oxygens (including phenoxy) is 1. The van der Waals surface area contributed by atoms with Crippen LogP contribution in [0.2, 0.25) is 0 Å². The average Bonchev–Trinajstić information content (AvgIpc) is 3.52. The Morgan fingerprint density at radius 1 is 1.05 bits per heavy atom. The monoisotopic (exact) mass is 598 g/mol. The van der Waals surface area contributed by atoms with Gasteiger partial charge in [-0.2, -0.15) is 0 Å².